The Balaban J connectivity index is -0.00000000167. The maximum Gasteiger partial charge on any atom is 0 e. The summed E-state index contributed by atoms with van der Waals surface area (Å²) in [5, 5.41) is 0. The lowest BCUT2D eigenvalue weighted by Crippen LogP contribution is -0.674. The molecule has 0 aliphatic rings. The summed E-state index contributed by atoms with van der Waals surface area (Å²) in [6.07, 6.45) is 0. The molecule has 0 atom stereocenters. The fourth-order valence-electron chi connectivity index (χ4n) is 0. The van der Waals surface area contributed by atoms with E-state index in [-0.39, 0.29) is 17.1 Å². The van der Waals surface area contributed by atoms with Crippen LogP contribution in [0.1, 0.15) is 0 Å². The van der Waals surface area contributed by atoms with Crippen LogP contribution in [0.5, 0.6) is 0 Å². The normalized spacial score (nSPS) is 0.800. The summed E-state index contributed by atoms with van der Waals surface area (Å²) >= 11 is 0. The molecule has 0 bridgehead atoms. The SMILES string of the molecule is N.O.O.O=O. The van der Waals surface area contributed by atoms with Gasteiger partial charge in [0, 0.05) is 9.93 Å². The summed E-state index contributed by atoms with van der Waals surface area (Å²) in [7, 11) is 0. The molecule has 0 radical (unpaired) electrons. The molecule has 0 aromatic heterocycles. The second-order valence-electron chi connectivity index (χ2n) is 0. The Hall–Kier alpha value is -0.520. The molecule has 0 fully saturated rings. The van der Waals surface area contributed by atoms with Crippen LogP contribution in [0.2, 0.25) is 0 Å². The Bertz CT molecular complexity index is 3.61. The van der Waals surface area contributed by atoms with Crippen LogP contribution < -0.4 is 6.15 Å². The summed E-state index contributed by atoms with van der Waals surface area (Å²) in [4.78, 5) is 14.0. The molecule has 0 aliphatic carbocycles. The van der Waals surface area contributed by atoms with Crippen molar-refractivity contribution in [3.63, 3.8) is 0 Å². The average molecular weight is 85.1 g/mol. The molecular formula is H7NO4. The maximum atomic E-state index is 7.00. The van der Waals surface area contributed by atoms with Gasteiger partial charge in [-0.1, -0.05) is 0 Å². The Kier molecular flexibility index (Phi) is 3730. The van der Waals surface area contributed by atoms with Crippen molar-refractivity contribution in [1.29, 1.82) is 0 Å². The van der Waals surface area contributed by atoms with Gasteiger partial charge < -0.3 is 17.1 Å². The van der Waals surface area contributed by atoms with E-state index >= 15 is 0 Å². The predicted octanol–water partition coefficient (Wildman–Crippen LogP) is -1.42. The molecular weight excluding hydrogens is 78.0 g/mol. The lowest BCUT2D eigenvalue weighted by atomic mass is 14.0. The summed E-state index contributed by atoms with van der Waals surface area (Å²) in [6, 6.07) is 0. The third-order valence-corrected chi connectivity index (χ3v) is 0. The molecule has 0 heterocycles. The van der Waals surface area contributed by atoms with E-state index in [1.54, 1.807) is 0 Å². The monoisotopic (exact) mass is 85.0 g/mol. The third kappa shape index (κ3) is 28.2. The standard InChI is InChI=1S/H3N.O2.2H2O/c;1-2;;/h1H3;;2*1H2. The minimum absolute atomic E-state index is 0. The zero-order valence-electron chi connectivity index (χ0n) is 2.52. The van der Waals surface area contributed by atoms with Crippen LogP contribution in [0.4, 0.5) is 0 Å². The van der Waals surface area contributed by atoms with Crippen molar-refractivity contribution in [3.05, 3.63) is 9.93 Å². The number of rotatable bonds is 0. The molecule has 7 N–H and O–H groups in total. The van der Waals surface area contributed by atoms with E-state index in [0.29, 0.717) is 0 Å². The van der Waals surface area contributed by atoms with Crippen LogP contribution in [0.3, 0.4) is 0 Å². The van der Waals surface area contributed by atoms with Crippen molar-refractivity contribution in [2.24, 2.45) is 0 Å². The molecule has 0 unspecified atom stereocenters. The van der Waals surface area contributed by atoms with E-state index in [1.807, 2.05) is 0 Å². The first-order valence-corrected chi connectivity index (χ1v) is 0.167. The summed E-state index contributed by atoms with van der Waals surface area (Å²) in [5.74, 6) is 0. The summed E-state index contributed by atoms with van der Waals surface area (Å²) in [5.41, 5.74) is 0. The van der Waals surface area contributed by atoms with Crippen LogP contribution in [0.25, 0.3) is 0 Å². The van der Waals surface area contributed by atoms with Crippen LogP contribution in [-0.4, -0.2) is 11.0 Å². The molecule has 5 heavy (non-hydrogen) atoms. The molecule has 36 valence electrons. The highest BCUT2D eigenvalue weighted by Gasteiger charge is 0.707. The van der Waals surface area contributed by atoms with Gasteiger partial charge in [-0.2, -0.15) is 0 Å². The molecule has 0 spiro atoms. The van der Waals surface area contributed by atoms with Gasteiger partial charge >= 0.3 is 0 Å². The van der Waals surface area contributed by atoms with Crippen molar-refractivity contribution in [2.75, 3.05) is 0 Å². The Morgan fingerprint density at radius 3 is 0.800 bits per heavy atom. The third-order valence-electron chi connectivity index (χ3n) is 0. The van der Waals surface area contributed by atoms with Crippen LogP contribution in [0.15, 0.2) is 0 Å². The van der Waals surface area contributed by atoms with Gasteiger partial charge in [0.25, 0.3) is 0 Å². The quantitative estimate of drug-likeness (QED) is 0.386. The van der Waals surface area contributed by atoms with E-state index < -0.39 is 0 Å². The highest BCUT2D eigenvalue weighted by Crippen LogP contribution is 0.741. The largest absolute Gasteiger partial charge is 0.412 e. The molecule has 0 aliphatic heterocycles. The first-order chi connectivity index (χ1) is 1.00. The van der Waals surface area contributed by atoms with Crippen molar-refractivity contribution in [3.8, 4) is 0 Å². The molecule has 5 heteroatoms. The van der Waals surface area contributed by atoms with Crippen LogP contribution in [0, 0.1) is 9.93 Å². The van der Waals surface area contributed by atoms with Crippen molar-refractivity contribution < 1.29 is 11.0 Å². The minimum Gasteiger partial charge on any atom is -0.412 e. The lowest BCUT2D eigenvalue weighted by molar-refractivity contribution is 0.823. The molecule has 5 nitrogen and oxygen atoms in total. The predicted molar refractivity (Wildman–Crippen MR) is 19.0 cm³/mol. The van der Waals surface area contributed by atoms with Crippen molar-refractivity contribution >= 4 is 0 Å². The Morgan fingerprint density at radius 1 is 0.800 bits per heavy atom. The molecule has 0 saturated heterocycles. The van der Waals surface area contributed by atoms with Crippen LogP contribution in [-0.2, 0) is 0 Å². The molecule has 0 rings (SSSR count). The van der Waals surface area contributed by atoms with Gasteiger partial charge in [-0.15, -0.1) is 0 Å². The van der Waals surface area contributed by atoms with Crippen molar-refractivity contribution in [2.45, 2.75) is 0 Å². The topological polar surface area (TPSA) is 132 Å². The highest BCUT2D eigenvalue weighted by molar-refractivity contribution is 4.07. The summed E-state index contributed by atoms with van der Waals surface area (Å²) in [6.45, 7) is 0. The second-order valence-corrected chi connectivity index (χ2v) is 0. The van der Waals surface area contributed by atoms with Gasteiger partial charge in [0.1, 0.15) is 0 Å². The number of hydrogen-bond acceptors (Lipinski definition) is 3. The minimum atomic E-state index is 0. The summed E-state index contributed by atoms with van der Waals surface area (Å²) < 4.78 is 0. The van der Waals surface area contributed by atoms with Crippen molar-refractivity contribution in [1.82, 2.24) is 6.15 Å². The Labute approximate surface area is 28.4 Å². The zero-order chi connectivity index (χ0) is 2.00. The highest BCUT2D eigenvalue weighted by atomic mass is 16.7. The van der Waals surface area contributed by atoms with Gasteiger partial charge in [-0.05, 0) is 0 Å². The van der Waals surface area contributed by atoms with Gasteiger partial charge in [-0.25, -0.2) is 0 Å². The van der Waals surface area contributed by atoms with Gasteiger partial charge in [0.15, 0.2) is 0 Å². The van der Waals surface area contributed by atoms with Gasteiger partial charge in [-0.3, -0.25) is 0 Å². The molecule has 0 aromatic rings. The van der Waals surface area contributed by atoms with E-state index in [9.17, 15) is 0 Å². The van der Waals surface area contributed by atoms with E-state index in [2.05, 4.69) is 0 Å². The Morgan fingerprint density at radius 2 is 0.800 bits per heavy atom. The maximum absolute atomic E-state index is 7.00. The fraction of sp³-hybridized carbons (Fsp3) is 0. The lowest BCUT2D eigenvalue weighted by Gasteiger charge is -0.707. The molecule has 0 saturated carbocycles. The first kappa shape index (κ1) is 235. The smallest absolute Gasteiger partial charge is 0 e. The zero-order valence-corrected chi connectivity index (χ0v) is 2.52. The van der Waals surface area contributed by atoms with Gasteiger partial charge in [0.2, 0.25) is 0 Å². The fourth-order valence-corrected chi connectivity index (χ4v) is 0. The first-order valence-electron chi connectivity index (χ1n) is 0.167. The van der Waals surface area contributed by atoms with Gasteiger partial charge in [0.05, 0.1) is 0 Å². The van der Waals surface area contributed by atoms with Crippen LogP contribution >= 0.6 is 0 Å². The van der Waals surface area contributed by atoms with E-state index in [0.717, 1.165) is 0 Å². The number of hydrogen-bond donors (Lipinski definition) is 1. The molecule has 0 amide bonds. The average Bonchev–Trinajstić information content (AvgIpc) is 1.00. The van der Waals surface area contributed by atoms with E-state index in [1.165, 1.54) is 0 Å². The van der Waals surface area contributed by atoms with E-state index in [4.69, 9.17) is 9.93 Å². The molecule has 0 aromatic carbocycles. The second kappa shape index (κ2) is 79.2.